The van der Waals surface area contributed by atoms with Gasteiger partial charge in [-0.05, 0) is 42.8 Å². The first-order valence-electron chi connectivity index (χ1n) is 12.8. The van der Waals surface area contributed by atoms with Crippen LogP contribution in [0.5, 0.6) is 0 Å². The van der Waals surface area contributed by atoms with Gasteiger partial charge in [-0.15, -0.1) is 0 Å². The molecule has 0 unspecified atom stereocenters. The zero-order valence-corrected chi connectivity index (χ0v) is 21.6. The van der Waals surface area contributed by atoms with Crippen LogP contribution in [0.15, 0.2) is 86.9 Å². The minimum Gasteiger partial charge on any atom is -0.362 e. The molecule has 0 aromatic carbocycles. The van der Waals surface area contributed by atoms with Gasteiger partial charge in [0.2, 0.25) is 0 Å². The van der Waals surface area contributed by atoms with E-state index in [0.717, 1.165) is 87.0 Å². The summed E-state index contributed by atoms with van der Waals surface area (Å²) in [6.07, 6.45) is 13.3. The number of hydrogen-bond acceptors (Lipinski definition) is 6. The maximum Gasteiger partial charge on any atom is 0.137 e. The Balaban J connectivity index is 1.21. The van der Waals surface area contributed by atoms with Gasteiger partial charge in [0.15, 0.2) is 0 Å². The van der Waals surface area contributed by atoms with E-state index in [1.807, 2.05) is 48.4 Å². The van der Waals surface area contributed by atoms with Gasteiger partial charge in [0.1, 0.15) is 11.5 Å². The molecule has 6 aromatic rings. The summed E-state index contributed by atoms with van der Waals surface area (Å²) in [4.78, 5) is 19.2. The molecule has 2 N–H and O–H groups in total. The lowest BCUT2D eigenvalue weighted by molar-refractivity contribution is 0.314. The van der Waals surface area contributed by atoms with Gasteiger partial charge in [0.05, 0.1) is 35.8 Å². The Hall–Kier alpha value is -5.18. The van der Waals surface area contributed by atoms with Crippen molar-refractivity contribution in [1.29, 1.82) is 0 Å². The molecule has 0 atom stereocenters. The van der Waals surface area contributed by atoms with Gasteiger partial charge in [-0.1, -0.05) is 13.2 Å². The maximum absolute atomic E-state index is 4.73. The molecule has 192 valence electrons. The first-order chi connectivity index (χ1) is 19.0. The molecular formula is C30H27N9. The van der Waals surface area contributed by atoms with Crippen molar-refractivity contribution in [2.75, 3.05) is 11.9 Å². The number of anilines is 1. The monoisotopic (exact) mass is 513 g/mol. The molecule has 0 saturated carbocycles. The lowest BCUT2D eigenvalue weighted by atomic mass is 10.0. The smallest absolute Gasteiger partial charge is 0.137 e. The Bertz CT molecular complexity index is 1870. The second-order valence-corrected chi connectivity index (χ2v) is 9.83. The van der Waals surface area contributed by atoms with Crippen LogP contribution in [-0.2, 0) is 13.1 Å². The molecule has 0 bridgehead atoms. The standard InChI is InChI=1S/C30H27N9/c1-19-17-38-10-9-37(18-29(38)35-19)21(3)23-11-25-27(15-33-30(25)32-13-23)22-6-8-39-28(12-22)26(16-34-39)20(2)36-24-5-4-7-31-14-24/h4-8,11-17,36H,2-3,9-10,18H2,1H3,(H,32,33). The summed E-state index contributed by atoms with van der Waals surface area (Å²) in [6, 6.07) is 10.2. The average Bonchev–Trinajstić information content (AvgIpc) is 3.67. The molecule has 1 aliphatic rings. The van der Waals surface area contributed by atoms with Crippen molar-refractivity contribution in [2.24, 2.45) is 0 Å². The zero-order chi connectivity index (χ0) is 26.5. The molecule has 6 aromatic heterocycles. The summed E-state index contributed by atoms with van der Waals surface area (Å²) in [7, 11) is 0. The van der Waals surface area contributed by atoms with Crippen LogP contribution in [0.25, 0.3) is 39.1 Å². The summed E-state index contributed by atoms with van der Waals surface area (Å²) >= 11 is 0. The van der Waals surface area contributed by atoms with Crippen molar-refractivity contribution in [2.45, 2.75) is 20.0 Å². The number of rotatable bonds is 6. The van der Waals surface area contributed by atoms with Crippen molar-refractivity contribution in [1.82, 2.24) is 39.0 Å². The van der Waals surface area contributed by atoms with E-state index in [1.54, 1.807) is 12.4 Å². The molecule has 0 radical (unpaired) electrons. The maximum atomic E-state index is 4.73. The number of aromatic nitrogens is 7. The largest absolute Gasteiger partial charge is 0.362 e. The van der Waals surface area contributed by atoms with E-state index in [-0.39, 0.29) is 0 Å². The predicted octanol–water partition coefficient (Wildman–Crippen LogP) is 5.35. The van der Waals surface area contributed by atoms with E-state index in [2.05, 4.69) is 72.4 Å². The third-order valence-corrected chi connectivity index (χ3v) is 7.28. The Labute approximate surface area is 225 Å². The molecule has 7 heterocycles. The van der Waals surface area contributed by atoms with Crippen LogP contribution >= 0.6 is 0 Å². The molecule has 1 aliphatic heterocycles. The lowest BCUT2D eigenvalue weighted by Crippen LogP contribution is -2.32. The lowest BCUT2D eigenvalue weighted by Gasteiger charge is -2.31. The summed E-state index contributed by atoms with van der Waals surface area (Å²) in [5, 5.41) is 8.90. The second kappa shape index (κ2) is 8.98. The number of fused-ring (bicyclic) bond motifs is 3. The number of aromatic amines is 1. The minimum absolute atomic E-state index is 0.738. The topological polar surface area (TPSA) is 92.0 Å². The molecule has 39 heavy (non-hydrogen) atoms. The Morgan fingerprint density at radius 3 is 2.90 bits per heavy atom. The van der Waals surface area contributed by atoms with Gasteiger partial charge >= 0.3 is 0 Å². The number of nitrogens with zero attached hydrogens (tertiary/aromatic N) is 7. The van der Waals surface area contributed by atoms with Crippen molar-refractivity contribution < 1.29 is 0 Å². The fraction of sp³-hybridized carbons (Fsp3) is 0.133. The quantitative estimate of drug-likeness (QED) is 0.312. The van der Waals surface area contributed by atoms with Crippen LogP contribution < -0.4 is 5.32 Å². The number of imidazole rings is 1. The average molecular weight is 514 g/mol. The van der Waals surface area contributed by atoms with E-state index >= 15 is 0 Å². The Morgan fingerprint density at radius 1 is 1.10 bits per heavy atom. The molecule has 0 fully saturated rings. The Kier molecular flexibility index (Phi) is 5.29. The van der Waals surface area contributed by atoms with E-state index in [1.165, 1.54) is 0 Å². The highest BCUT2D eigenvalue weighted by Crippen LogP contribution is 2.33. The van der Waals surface area contributed by atoms with E-state index in [0.29, 0.717) is 0 Å². The first-order valence-corrected chi connectivity index (χ1v) is 12.8. The zero-order valence-electron chi connectivity index (χ0n) is 21.6. The van der Waals surface area contributed by atoms with Crippen molar-refractivity contribution in [3.8, 4) is 11.1 Å². The summed E-state index contributed by atoms with van der Waals surface area (Å²) in [5.74, 6) is 1.07. The van der Waals surface area contributed by atoms with Gasteiger partial charge in [-0.2, -0.15) is 5.10 Å². The van der Waals surface area contributed by atoms with Gasteiger partial charge in [-0.3, -0.25) is 4.98 Å². The third-order valence-electron chi connectivity index (χ3n) is 7.28. The highest BCUT2D eigenvalue weighted by Gasteiger charge is 2.21. The van der Waals surface area contributed by atoms with Crippen LogP contribution in [-0.4, -0.2) is 45.6 Å². The van der Waals surface area contributed by atoms with E-state index in [4.69, 9.17) is 4.98 Å². The number of nitrogens with one attached hydrogen (secondary N) is 2. The molecule has 0 aliphatic carbocycles. The number of H-pyrrole nitrogens is 1. The molecule has 0 amide bonds. The summed E-state index contributed by atoms with van der Waals surface area (Å²) < 4.78 is 4.09. The summed E-state index contributed by atoms with van der Waals surface area (Å²) in [5.41, 5.74) is 9.47. The van der Waals surface area contributed by atoms with Gasteiger partial charge in [0.25, 0.3) is 0 Å². The fourth-order valence-corrected chi connectivity index (χ4v) is 5.27. The summed E-state index contributed by atoms with van der Waals surface area (Å²) in [6.45, 7) is 13.2. The second-order valence-electron chi connectivity index (χ2n) is 9.83. The fourth-order valence-electron chi connectivity index (χ4n) is 5.27. The van der Waals surface area contributed by atoms with Gasteiger partial charge in [-0.25, -0.2) is 14.5 Å². The van der Waals surface area contributed by atoms with E-state index in [9.17, 15) is 0 Å². The highest BCUT2D eigenvalue weighted by atomic mass is 15.2. The van der Waals surface area contributed by atoms with E-state index < -0.39 is 0 Å². The van der Waals surface area contributed by atoms with Crippen LogP contribution in [0.4, 0.5) is 5.69 Å². The van der Waals surface area contributed by atoms with Crippen LogP contribution in [0.2, 0.25) is 0 Å². The van der Waals surface area contributed by atoms with Gasteiger partial charge in [0, 0.05) is 77.5 Å². The predicted molar refractivity (Wildman–Crippen MR) is 154 cm³/mol. The normalized spacial score (nSPS) is 13.1. The molecule has 9 heteroatoms. The number of pyridine rings is 3. The minimum atomic E-state index is 0.738. The van der Waals surface area contributed by atoms with Crippen molar-refractivity contribution in [3.05, 3.63) is 110 Å². The third kappa shape index (κ3) is 4.04. The Morgan fingerprint density at radius 2 is 2.03 bits per heavy atom. The van der Waals surface area contributed by atoms with Crippen LogP contribution in [0.1, 0.15) is 22.6 Å². The van der Waals surface area contributed by atoms with Crippen LogP contribution in [0, 0.1) is 6.92 Å². The van der Waals surface area contributed by atoms with Crippen molar-refractivity contribution in [3.63, 3.8) is 0 Å². The molecule has 0 saturated heterocycles. The van der Waals surface area contributed by atoms with Crippen molar-refractivity contribution >= 4 is 33.6 Å². The first kappa shape index (κ1) is 23.0. The molecule has 7 rings (SSSR count). The number of aryl methyl sites for hydroxylation is 1. The molecule has 0 spiro atoms. The molecular weight excluding hydrogens is 486 g/mol. The highest BCUT2D eigenvalue weighted by molar-refractivity contribution is 5.96. The van der Waals surface area contributed by atoms with Crippen LogP contribution in [0.3, 0.4) is 0 Å². The SMILES string of the molecule is C=C(Nc1cccnc1)c1cnn2ccc(-c3c[nH]c4ncc(C(=C)N5CCn6cc(C)nc6C5)cc34)cc12. The van der Waals surface area contributed by atoms with Gasteiger partial charge < -0.3 is 19.8 Å². The molecule has 9 nitrogen and oxygen atoms in total. The number of hydrogen-bond donors (Lipinski definition) is 2.